The van der Waals surface area contributed by atoms with Gasteiger partial charge in [0.2, 0.25) is 0 Å². The van der Waals surface area contributed by atoms with Gasteiger partial charge in [0.15, 0.2) is 8.67 Å². The van der Waals surface area contributed by atoms with Crippen LogP contribution in [-0.2, 0) is 0 Å². The molecule has 168 valence electrons. The molecule has 5 aliphatic carbocycles. The summed E-state index contributed by atoms with van der Waals surface area (Å²) in [5.41, 5.74) is 0. The molecule has 0 aliphatic heterocycles. The average Bonchev–Trinajstić information content (AvgIpc) is 2.96. The molecule has 0 radical (unpaired) electrons. The summed E-state index contributed by atoms with van der Waals surface area (Å²) in [5.74, 6) is -0.976. The first-order chi connectivity index (χ1) is 13.6. The van der Waals surface area contributed by atoms with Crippen LogP contribution < -0.4 is 0 Å². The largest absolute Gasteiger partial charge is 0.166 e. The van der Waals surface area contributed by atoms with Crippen LogP contribution >= 0.6 is 139 Å². The lowest BCUT2D eigenvalue weighted by atomic mass is 9.67. The van der Waals surface area contributed by atoms with Crippen molar-refractivity contribution in [2.45, 2.75) is 53.8 Å². The number of fused-ring (bicyclic) bond motifs is 10. The van der Waals surface area contributed by atoms with Crippen molar-refractivity contribution in [1.82, 2.24) is 0 Å². The number of halogens is 12. The van der Waals surface area contributed by atoms with E-state index in [1.54, 1.807) is 0 Å². The zero-order valence-electron chi connectivity index (χ0n) is 14.7. The fourth-order valence-corrected chi connectivity index (χ4v) is 13.0. The van der Waals surface area contributed by atoms with Crippen LogP contribution in [0.3, 0.4) is 0 Å². The van der Waals surface area contributed by atoms with E-state index in [0.717, 1.165) is 0 Å². The minimum absolute atomic E-state index is 0.191. The van der Waals surface area contributed by atoms with Crippen LogP contribution in [0.1, 0.15) is 25.7 Å². The van der Waals surface area contributed by atoms with Gasteiger partial charge < -0.3 is 0 Å². The summed E-state index contributed by atoms with van der Waals surface area (Å²) in [5, 5.41) is 0.765. The van der Waals surface area contributed by atoms with Gasteiger partial charge in [0.05, 0.1) is 20.1 Å². The molecule has 0 spiro atoms. The van der Waals surface area contributed by atoms with Crippen molar-refractivity contribution >= 4 is 139 Å². The molecule has 5 rings (SSSR count). The first-order valence-corrected chi connectivity index (χ1v) is 13.8. The molecule has 0 N–H and O–H groups in total. The normalized spacial score (nSPS) is 55.6. The van der Waals surface area contributed by atoms with E-state index >= 15 is 0 Å². The highest BCUT2D eigenvalue weighted by Gasteiger charge is 2.85. The van der Waals surface area contributed by atoms with Crippen LogP contribution in [0, 0.1) is 23.7 Å². The Hall–Kier alpha value is 2.96. The lowest BCUT2D eigenvalue weighted by molar-refractivity contribution is 0.175. The first kappa shape index (κ1) is 24.6. The fourth-order valence-electron chi connectivity index (χ4n) is 6.73. The Morgan fingerprint density at radius 2 is 0.567 bits per heavy atom. The molecule has 3 saturated carbocycles. The fraction of sp³-hybridized carbons (Fsp3) is 0.778. The van der Waals surface area contributed by atoms with E-state index in [2.05, 4.69) is 0 Å². The highest BCUT2D eigenvalue weighted by Crippen LogP contribution is 2.81. The van der Waals surface area contributed by atoms with Crippen molar-refractivity contribution in [3.8, 4) is 0 Å². The summed E-state index contributed by atoms with van der Waals surface area (Å²) in [4.78, 5) is -5.28. The van der Waals surface area contributed by atoms with E-state index in [9.17, 15) is 0 Å². The molecular weight excluding hydrogens is 642 g/mol. The maximum atomic E-state index is 7.02. The maximum absolute atomic E-state index is 7.02. The van der Waals surface area contributed by atoms with Crippen LogP contribution in [0.5, 0.6) is 0 Å². The number of rotatable bonds is 0. The van der Waals surface area contributed by atoms with Crippen LogP contribution in [0.2, 0.25) is 0 Å². The molecule has 0 aromatic rings. The molecule has 30 heavy (non-hydrogen) atoms. The third kappa shape index (κ3) is 2.18. The van der Waals surface area contributed by atoms with Crippen molar-refractivity contribution in [1.29, 1.82) is 0 Å². The summed E-state index contributed by atoms with van der Waals surface area (Å²) < 4.78 is -3.17. The molecule has 3 fully saturated rings. The van der Waals surface area contributed by atoms with Crippen molar-refractivity contribution in [2.75, 3.05) is 0 Å². The Labute approximate surface area is 234 Å². The number of hydrogen-bond acceptors (Lipinski definition) is 0. The molecule has 0 heterocycles. The van der Waals surface area contributed by atoms with Gasteiger partial charge in [0.1, 0.15) is 19.5 Å². The molecule has 0 amide bonds. The molecule has 8 atom stereocenters. The molecule has 5 aliphatic rings. The molecule has 0 aromatic carbocycles. The summed E-state index contributed by atoms with van der Waals surface area (Å²) >= 11 is 81.3. The van der Waals surface area contributed by atoms with Gasteiger partial charge in [-0.25, -0.2) is 0 Å². The maximum Gasteiger partial charge on any atom is 0.166 e. The standard InChI is InChI=1S/C18H12Cl12/c19-9-10(20)15(25)7-3-4-8-6(2-1-5(7)13(9,23)17(15,27)28)14(24)11(21)12(22)16(8,26)18(14,29)30/h5-8H,1-4H2/t5?,6?,7?,8?,13-,14-,15+,16+. The lowest BCUT2D eigenvalue weighted by Crippen LogP contribution is -2.45. The van der Waals surface area contributed by atoms with Crippen LogP contribution in [-0.4, -0.2) is 28.2 Å². The Bertz CT molecular complexity index is 782. The van der Waals surface area contributed by atoms with E-state index in [1.165, 1.54) is 0 Å². The second-order valence-electron chi connectivity index (χ2n) is 8.83. The van der Waals surface area contributed by atoms with Gasteiger partial charge in [0.25, 0.3) is 0 Å². The molecule has 12 heteroatoms. The minimum Gasteiger partial charge on any atom is -0.109 e. The predicted octanol–water partition coefficient (Wildman–Crippen LogP) is 9.72. The molecule has 4 unspecified atom stereocenters. The first-order valence-electron chi connectivity index (χ1n) is 9.22. The van der Waals surface area contributed by atoms with E-state index in [0.29, 0.717) is 25.7 Å². The van der Waals surface area contributed by atoms with Gasteiger partial charge in [-0.1, -0.05) is 92.8 Å². The second kappa shape index (κ2) is 6.83. The zero-order valence-corrected chi connectivity index (χ0v) is 23.7. The Balaban J connectivity index is 1.62. The zero-order chi connectivity index (χ0) is 22.4. The highest BCUT2D eigenvalue weighted by molar-refractivity contribution is 6.66. The van der Waals surface area contributed by atoms with Crippen LogP contribution in [0.4, 0.5) is 0 Å². The Morgan fingerprint density at radius 3 is 0.733 bits per heavy atom. The number of hydrogen-bond donors (Lipinski definition) is 0. The molecule has 0 aromatic heterocycles. The van der Waals surface area contributed by atoms with E-state index in [4.69, 9.17) is 139 Å². The van der Waals surface area contributed by atoms with E-state index in [1.807, 2.05) is 0 Å². The highest BCUT2D eigenvalue weighted by atomic mass is 35.5. The Morgan fingerprint density at radius 1 is 0.400 bits per heavy atom. The topological polar surface area (TPSA) is 0 Å². The summed E-state index contributed by atoms with van der Waals surface area (Å²) in [6.45, 7) is 0. The van der Waals surface area contributed by atoms with E-state index < -0.39 is 28.2 Å². The van der Waals surface area contributed by atoms with Gasteiger partial charge in [-0.05, 0) is 49.4 Å². The average molecular weight is 654 g/mol. The van der Waals surface area contributed by atoms with Crippen molar-refractivity contribution in [3.05, 3.63) is 20.1 Å². The minimum atomic E-state index is -1.58. The van der Waals surface area contributed by atoms with Gasteiger partial charge in [-0.2, -0.15) is 0 Å². The van der Waals surface area contributed by atoms with Crippen molar-refractivity contribution < 1.29 is 0 Å². The second-order valence-corrected chi connectivity index (χ2v) is 15.4. The van der Waals surface area contributed by atoms with Crippen molar-refractivity contribution in [3.63, 3.8) is 0 Å². The quantitative estimate of drug-likeness (QED) is 0.229. The van der Waals surface area contributed by atoms with Gasteiger partial charge >= 0.3 is 0 Å². The SMILES string of the molecule is ClC1=C(Cl)[C@]2(Cl)C3CCC4C(CCC3[C@@]1(Cl)C2(Cl)Cl)[C@]1(Cl)C(Cl)=C(Cl)[C@@]4(Cl)C1(Cl)Cl. The smallest absolute Gasteiger partial charge is 0.109 e. The molecule has 0 saturated heterocycles. The lowest BCUT2D eigenvalue weighted by Gasteiger charge is -2.44. The molecule has 4 bridgehead atoms. The number of alkyl halides is 8. The van der Waals surface area contributed by atoms with Gasteiger partial charge in [-0.3, -0.25) is 0 Å². The van der Waals surface area contributed by atoms with Gasteiger partial charge in [-0.15, -0.1) is 46.4 Å². The summed E-state index contributed by atoms with van der Waals surface area (Å²) in [7, 11) is 0. The monoisotopic (exact) mass is 648 g/mol. The van der Waals surface area contributed by atoms with Gasteiger partial charge in [0, 0.05) is 0 Å². The molecular formula is C18H12Cl12. The molecule has 0 nitrogen and oxygen atoms in total. The summed E-state index contributed by atoms with van der Waals surface area (Å²) in [6, 6.07) is 0. The van der Waals surface area contributed by atoms with Crippen LogP contribution in [0.15, 0.2) is 20.1 Å². The van der Waals surface area contributed by atoms with E-state index in [-0.39, 0.29) is 43.8 Å². The Kier molecular flexibility index (Phi) is 5.61. The third-order valence-electron chi connectivity index (χ3n) is 8.08. The van der Waals surface area contributed by atoms with Crippen molar-refractivity contribution in [2.24, 2.45) is 23.7 Å². The third-order valence-corrected chi connectivity index (χ3v) is 16.8. The predicted molar refractivity (Wildman–Crippen MR) is 133 cm³/mol. The number of allylic oxidation sites excluding steroid dienone is 4. The van der Waals surface area contributed by atoms with Crippen LogP contribution in [0.25, 0.3) is 0 Å². The summed E-state index contributed by atoms with van der Waals surface area (Å²) in [6.07, 6.45) is 2.22.